The van der Waals surface area contributed by atoms with Crippen LogP contribution in [-0.2, 0) is 24.4 Å². The predicted molar refractivity (Wildman–Crippen MR) is 175 cm³/mol. The first-order valence-corrected chi connectivity index (χ1v) is 16.2. The summed E-state index contributed by atoms with van der Waals surface area (Å²) < 4.78 is 0. The fourth-order valence-corrected chi connectivity index (χ4v) is 6.34. The number of hydrogen-bond acceptors (Lipinski definition) is 5. The topological polar surface area (TPSA) is 73.7 Å². The summed E-state index contributed by atoms with van der Waals surface area (Å²) in [4.78, 5) is 33.4. The second-order valence-electron chi connectivity index (χ2n) is 11.1. The molecule has 0 bridgehead atoms. The molecule has 0 aliphatic carbocycles. The molecular weight excluding hydrogens is 554 g/mol. The molecule has 0 fully saturated rings. The van der Waals surface area contributed by atoms with Gasteiger partial charge in [-0.3, -0.25) is 14.5 Å². The molecule has 6 nitrogen and oxygen atoms in total. The number of carbonyl (C=O) groups excluding carboxylic acids is 1. The van der Waals surface area contributed by atoms with E-state index in [4.69, 9.17) is 4.98 Å². The maximum absolute atomic E-state index is 13.4. The summed E-state index contributed by atoms with van der Waals surface area (Å²) in [7, 11) is 0. The van der Waals surface area contributed by atoms with Crippen LogP contribution in [0.2, 0.25) is 0 Å². The van der Waals surface area contributed by atoms with Gasteiger partial charge in [0, 0.05) is 36.1 Å². The van der Waals surface area contributed by atoms with Crippen molar-refractivity contribution in [3.05, 3.63) is 112 Å². The molecule has 1 aromatic heterocycles. The molecule has 0 aliphatic rings. The second kappa shape index (κ2) is 16.1. The van der Waals surface area contributed by atoms with E-state index in [0.29, 0.717) is 37.7 Å². The zero-order chi connectivity index (χ0) is 30.6. The summed E-state index contributed by atoms with van der Waals surface area (Å²) in [6, 6.07) is 26.3. The third kappa shape index (κ3) is 9.34. The van der Waals surface area contributed by atoms with Crippen molar-refractivity contribution in [2.24, 2.45) is 0 Å². The molecule has 7 heteroatoms. The lowest BCUT2D eigenvalue weighted by Crippen LogP contribution is -2.30. The molecule has 226 valence electrons. The summed E-state index contributed by atoms with van der Waals surface area (Å²) in [5.41, 5.74) is 6.01. The van der Waals surface area contributed by atoms with Crippen molar-refractivity contribution in [1.82, 2.24) is 14.8 Å². The average molecular weight is 598 g/mol. The zero-order valence-corrected chi connectivity index (χ0v) is 26.4. The molecule has 0 saturated heterocycles. The van der Waals surface area contributed by atoms with Gasteiger partial charge in [0.15, 0.2) is 0 Å². The first-order valence-electron chi connectivity index (χ1n) is 15.3. The van der Waals surface area contributed by atoms with Crippen LogP contribution in [0.15, 0.2) is 84.2 Å². The van der Waals surface area contributed by atoms with E-state index in [0.717, 1.165) is 27.4 Å². The molecule has 0 atom stereocenters. The van der Waals surface area contributed by atoms with E-state index in [2.05, 4.69) is 38.1 Å². The molecule has 43 heavy (non-hydrogen) atoms. The van der Waals surface area contributed by atoms with Crippen LogP contribution in [-0.4, -0.2) is 44.9 Å². The lowest BCUT2D eigenvalue weighted by molar-refractivity contribution is -0.138. The number of aromatic nitrogens is 1. The fraction of sp³-hybridized carbons (Fsp3) is 0.361. The van der Waals surface area contributed by atoms with Crippen molar-refractivity contribution < 1.29 is 14.7 Å². The minimum absolute atomic E-state index is 0.0113. The molecule has 0 spiro atoms. The predicted octanol–water partition coefficient (Wildman–Crippen LogP) is 8.24. The third-order valence-electron chi connectivity index (χ3n) is 7.71. The van der Waals surface area contributed by atoms with Gasteiger partial charge in [-0.15, -0.1) is 11.3 Å². The molecule has 0 unspecified atom stereocenters. The Morgan fingerprint density at radius 3 is 2.07 bits per heavy atom. The van der Waals surface area contributed by atoms with Gasteiger partial charge in [0.2, 0.25) is 0 Å². The number of carboxylic acids is 1. The van der Waals surface area contributed by atoms with Gasteiger partial charge >= 0.3 is 5.97 Å². The lowest BCUT2D eigenvalue weighted by Gasteiger charge is -2.22. The maximum atomic E-state index is 13.4. The smallest absolute Gasteiger partial charge is 0.317 e. The van der Waals surface area contributed by atoms with Crippen LogP contribution in [0, 0.1) is 0 Å². The highest BCUT2D eigenvalue weighted by molar-refractivity contribution is 7.09. The van der Waals surface area contributed by atoms with Gasteiger partial charge in [-0.25, -0.2) is 4.98 Å². The van der Waals surface area contributed by atoms with Gasteiger partial charge in [0.05, 0.1) is 18.8 Å². The standard InChI is InChI=1S/C36H43N3O3S/c1-4-10-29(11-5-2)30-16-14-28(15-17-30)23-39(6-3)36(42)32-20-18-31(19-21-32)33-26-43-34(37-33)24-38(25-35(40)41)22-27-12-8-7-9-13-27/h7-9,12-21,26,29H,4-6,10-11,22-25H2,1-3H3,(H,40,41). The number of hydrogen-bond donors (Lipinski definition) is 1. The van der Waals surface area contributed by atoms with Crippen LogP contribution in [0.5, 0.6) is 0 Å². The molecule has 1 amide bonds. The number of nitrogens with zero attached hydrogens (tertiary/aromatic N) is 3. The molecule has 4 aromatic rings. The van der Waals surface area contributed by atoms with Crippen LogP contribution in [0.25, 0.3) is 11.3 Å². The number of aliphatic carboxylic acids is 1. The Labute approximate surface area is 260 Å². The van der Waals surface area contributed by atoms with Crippen molar-refractivity contribution >= 4 is 23.2 Å². The number of amides is 1. The lowest BCUT2D eigenvalue weighted by atomic mass is 9.90. The Kier molecular flexibility index (Phi) is 12.1. The van der Waals surface area contributed by atoms with Gasteiger partial charge < -0.3 is 10.0 Å². The average Bonchev–Trinajstić information content (AvgIpc) is 3.48. The summed E-state index contributed by atoms with van der Waals surface area (Å²) >= 11 is 1.52. The number of thiazole rings is 1. The summed E-state index contributed by atoms with van der Waals surface area (Å²) in [6.45, 7) is 8.64. The molecule has 0 saturated carbocycles. The minimum atomic E-state index is -0.862. The Morgan fingerprint density at radius 1 is 0.814 bits per heavy atom. The Bertz CT molecular complexity index is 1430. The molecule has 0 radical (unpaired) electrons. The highest BCUT2D eigenvalue weighted by Crippen LogP contribution is 2.27. The quantitative estimate of drug-likeness (QED) is 0.141. The minimum Gasteiger partial charge on any atom is -0.480 e. The first kappa shape index (κ1) is 32.1. The Balaban J connectivity index is 1.39. The van der Waals surface area contributed by atoms with E-state index >= 15 is 0 Å². The molecule has 1 N–H and O–H groups in total. The number of carboxylic acid groups (broad SMARTS) is 1. The fourth-order valence-electron chi connectivity index (χ4n) is 5.49. The van der Waals surface area contributed by atoms with Crippen LogP contribution in [0.3, 0.4) is 0 Å². The van der Waals surface area contributed by atoms with Gasteiger partial charge in [0.1, 0.15) is 5.01 Å². The van der Waals surface area contributed by atoms with Crippen molar-refractivity contribution in [3.63, 3.8) is 0 Å². The van der Waals surface area contributed by atoms with E-state index in [1.807, 2.05) is 76.7 Å². The third-order valence-corrected chi connectivity index (χ3v) is 8.55. The highest BCUT2D eigenvalue weighted by Gasteiger charge is 2.17. The Morgan fingerprint density at radius 2 is 1.47 bits per heavy atom. The number of rotatable bonds is 16. The summed E-state index contributed by atoms with van der Waals surface area (Å²) in [6.07, 6.45) is 4.80. The van der Waals surface area contributed by atoms with E-state index in [-0.39, 0.29) is 12.5 Å². The largest absolute Gasteiger partial charge is 0.480 e. The second-order valence-corrected chi connectivity index (χ2v) is 12.0. The van der Waals surface area contributed by atoms with Crippen LogP contribution in [0.1, 0.15) is 84.4 Å². The van der Waals surface area contributed by atoms with Crippen LogP contribution in [0.4, 0.5) is 0 Å². The van der Waals surface area contributed by atoms with E-state index in [1.165, 1.54) is 42.6 Å². The molecule has 4 rings (SSSR count). The summed E-state index contributed by atoms with van der Waals surface area (Å²) in [5, 5.41) is 12.3. The van der Waals surface area contributed by atoms with E-state index < -0.39 is 5.97 Å². The number of carbonyl (C=O) groups is 2. The Hall–Kier alpha value is -3.81. The van der Waals surface area contributed by atoms with Gasteiger partial charge in [-0.05, 0) is 54.5 Å². The monoisotopic (exact) mass is 597 g/mol. The van der Waals surface area contributed by atoms with Crippen molar-refractivity contribution in [2.45, 2.75) is 72.0 Å². The highest BCUT2D eigenvalue weighted by atomic mass is 32.1. The normalized spacial score (nSPS) is 11.3. The van der Waals surface area contributed by atoms with E-state index in [1.54, 1.807) is 0 Å². The first-order chi connectivity index (χ1) is 20.9. The van der Waals surface area contributed by atoms with Crippen molar-refractivity contribution in [1.29, 1.82) is 0 Å². The van der Waals surface area contributed by atoms with Crippen molar-refractivity contribution in [2.75, 3.05) is 13.1 Å². The van der Waals surface area contributed by atoms with Crippen LogP contribution >= 0.6 is 11.3 Å². The maximum Gasteiger partial charge on any atom is 0.317 e. The van der Waals surface area contributed by atoms with Gasteiger partial charge in [-0.1, -0.05) is 93.4 Å². The van der Waals surface area contributed by atoms with Crippen LogP contribution < -0.4 is 0 Å². The zero-order valence-electron chi connectivity index (χ0n) is 25.5. The van der Waals surface area contributed by atoms with E-state index in [9.17, 15) is 14.7 Å². The van der Waals surface area contributed by atoms with Crippen molar-refractivity contribution in [3.8, 4) is 11.3 Å². The van der Waals surface area contributed by atoms with Gasteiger partial charge in [0.25, 0.3) is 5.91 Å². The molecular formula is C36H43N3O3S. The molecule has 0 aliphatic heterocycles. The SMILES string of the molecule is CCCC(CCC)c1ccc(CN(CC)C(=O)c2ccc(-c3csc(CN(CC(=O)O)Cc4ccccc4)n3)cc2)cc1. The number of benzene rings is 3. The molecule has 3 aromatic carbocycles. The van der Waals surface area contributed by atoms with Gasteiger partial charge in [-0.2, -0.15) is 0 Å². The summed E-state index contributed by atoms with van der Waals surface area (Å²) in [5.74, 6) is -0.242. The molecule has 1 heterocycles.